The van der Waals surface area contributed by atoms with Crippen LogP contribution in [0.1, 0.15) is 50.6 Å². The lowest BCUT2D eigenvalue weighted by atomic mass is 9.78. The summed E-state index contributed by atoms with van der Waals surface area (Å²) in [6, 6.07) is 6.43. The van der Waals surface area contributed by atoms with Crippen molar-refractivity contribution in [2.45, 2.75) is 50.7 Å². The first-order valence-electron chi connectivity index (χ1n) is 7.94. The summed E-state index contributed by atoms with van der Waals surface area (Å²) in [4.78, 5) is 0. The van der Waals surface area contributed by atoms with Gasteiger partial charge >= 0.3 is 0 Å². The molecule has 2 aliphatic rings. The van der Waals surface area contributed by atoms with E-state index in [1.165, 1.54) is 12.0 Å². The van der Waals surface area contributed by atoms with Gasteiger partial charge in [0.25, 0.3) is 0 Å². The number of nitrogens with one attached hydrogen (secondary N) is 1. The topological polar surface area (TPSA) is 41.5 Å². The maximum Gasteiger partial charge on any atom is 0.124 e. The highest BCUT2D eigenvalue weighted by Crippen LogP contribution is 2.36. The quantitative estimate of drug-likeness (QED) is 0.868. The number of aliphatic hydroxyl groups is 1. The minimum Gasteiger partial charge on any atom is -0.493 e. The predicted octanol–water partition coefficient (Wildman–Crippen LogP) is 3.80. The van der Waals surface area contributed by atoms with Gasteiger partial charge in [-0.15, -0.1) is 0 Å². The average molecular weight is 354 g/mol. The summed E-state index contributed by atoms with van der Waals surface area (Å²) in [7, 11) is 0. The highest BCUT2D eigenvalue weighted by Gasteiger charge is 2.33. The first kappa shape index (κ1) is 15.3. The molecule has 1 heterocycles. The van der Waals surface area contributed by atoms with Crippen molar-refractivity contribution < 1.29 is 9.84 Å². The van der Waals surface area contributed by atoms with Crippen molar-refractivity contribution in [3.63, 3.8) is 0 Å². The van der Waals surface area contributed by atoms with E-state index in [1.54, 1.807) is 0 Å². The third kappa shape index (κ3) is 3.61. The lowest BCUT2D eigenvalue weighted by Crippen LogP contribution is -2.45. The number of fused-ring (bicyclic) bond motifs is 1. The molecule has 116 valence electrons. The number of rotatable bonds is 3. The molecule has 0 amide bonds. The summed E-state index contributed by atoms with van der Waals surface area (Å²) in [5.41, 5.74) is 0.658. The Morgan fingerprint density at radius 1 is 1.43 bits per heavy atom. The SMILES string of the molecule is CC1CCCC(O)(CNC2CCOc3ccc(Br)cc32)C1. The van der Waals surface area contributed by atoms with E-state index < -0.39 is 5.60 Å². The Balaban J connectivity index is 1.68. The number of benzene rings is 1. The summed E-state index contributed by atoms with van der Waals surface area (Å²) < 4.78 is 6.79. The van der Waals surface area contributed by atoms with Crippen molar-refractivity contribution in [3.8, 4) is 5.75 Å². The van der Waals surface area contributed by atoms with Crippen LogP contribution in [0.3, 0.4) is 0 Å². The van der Waals surface area contributed by atoms with Gasteiger partial charge in [0.2, 0.25) is 0 Å². The molecule has 0 aromatic heterocycles. The van der Waals surface area contributed by atoms with Gasteiger partial charge in [-0.2, -0.15) is 0 Å². The standard InChI is InChI=1S/C17H24BrNO2/c1-12-3-2-7-17(20,10-12)11-19-15-6-8-21-16-5-4-13(18)9-14(15)16/h4-5,9,12,15,19-20H,2-3,6-8,10-11H2,1H3. The highest BCUT2D eigenvalue weighted by molar-refractivity contribution is 9.10. The minimum absolute atomic E-state index is 0.271. The number of halogens is 1. The smallest absolute Gasteiger partial charge is 0.124 e. The van der Waals surface area contributed by atoms with E-state index in [0.717, 1.165) is 42.5 Å². The molecule has 3 atom stereocenters. The molecule has 1 aliphatic carbocycles. The van der Waals surface area contributed by atoms with E-state index in [2.05, 4.69) is 34.2 Å². The fraction of sp³-hybridized carbons (Fsp3) is 0.647. The average Bonchev–Trinajstić information content (AvgIpc) is 2.45. The molecule has 0 saturated heterocycles. The summed E-state index contributed by atoms with van der Waals surface area (Å²) in [6.07, 6.45) is 5.16. The molecule has 3 unspecified atom stereocenters. The summed E-state index contributed by atoms with van der Waals surface area (Å²) in [5, 5.41) is 14.4. The number of ether oxygens (including phenoxy) is 1. The molecule has 1 aliphatic heterocycles. The zero-order chi connectivity index (χ0) is 14.9. The molecule has 1 saturated carbocycles. The van der Waals surface area contributed by atoms with Gasteiger partial charge in [0.1, 0.15) is 5.75 Å². The number of hydrogen-bond acceptors (Lipinski definition) is 3. The van der Waals surface area contributed by atoms with Crippen molar-refractivity contribution in [1.82, 2.24) is 5.32 Å². The maximum absolute atomic E-state index is 10.8. The Kier molecular flexibility index (Phi) is 4.57. The van der Waals surface area contributed by atoms with Gasteiger partial charge in [0, 0.05) is 29.0 Å². The molecule has 4 heteroatoms. The van der Waals surface area contributed by atoms with E-state index in [1.807, 2.05) is 12.1 Å². The Bertz CT molecular complexity index is 508. The summed E-state index contributed by atoms with van der Waals surface area (Å²) in [6.45, 7) is 3.65. The van der Waals surface area contributed by atoms with Crippen LogP contribution in [-0.4, -0.2) is 23.9 Å². The summed E-state index contributed by atoms with van der Waals surface area (Å²) >= 11 is 3.53. The van der Waals surface area contributed by atoms with Crippen LogP contribution < -0.4 is 10.1 Å². The molecule has 1 fully saturated rings. The van der Waals surface area contributed by atoms with Crippen molar-refractivity contribution in [2.24, 2.45) is 5.92 Å². The Labute approximate surface area is 135 Å². The molecule has 1 aromatic rings. The minimum atomic E-state index is -0.540. The second kappa shape index (κ2) is 6.27. The van der Waals surface area contributed by atoms with Crippen molar-refractivity contribution >= 4 is 15.9 Å². The normalized spacial score (nSPS) is 32.3. The van der Waals surface area contributed by atoms with Crippen LogP contribution >= 0.6 is 15.9 Å². The van der Waals surface area contributed by atoms with E-state index in [9.17, 15) is 5.11 Å². The summed E-state index contributed by atoms with van der Waals surface area (Å²) in [5.74, 6) is 1.59. The molecule has 0 bridgehead atoms. The fourth-order valence-electron chi connectivity index (χ4n) is 3.68. The van der Waals surface area contributed by atoms with Gasteiger partial charge in [0.15, 0.2) is 0 Å². The van der Waals surface area contributed by atoms with Crippen LogP contribution in [0.4, 0.5) is 0 Å². The first-order valence-corrected chi connectivity index (χ1v) is 8.73. The largest absolute Gasteiger partial charge is 0.493 e. The van der Waals surface area contributed by atoms with Gasteiger partial charge in [-0.25, -0.2) is 0 Å². The zero-order valence-electron chi connectivity index (χ0n) is 12.6. The van der Waals surface area contributed by atoms with Crippen LogP contribution in [0.25, 0.3) is 0 Å². The van der Waals surface area contributed by atoms with Gasteiger partial charge in [-0.3, -0.25) is 0 Å². The van der Waals surface area contributed by atoms with Crippen LogP contribution in [0.5, 0.6) is 5.75 Å². The molecule has 21 heavy (non-hydrogen) atoms. The fourth-order valence-corrected chi connectivity index (χ4v) is 4.06. The lowest BCUT2D eigenvalue weighted by Gasteiger charge is -2.37. The molecular weight excluding hydrogens is 330 g/mol. The van der Waals surface area contributed by atoms with Gasteiger partial charge < -0.3 is 15.2 Å². The van der Waals surface area contributed by atoms with Crippen molar-refractivity contribution in [2.75, 3.05) is 13.2 Å². The van der Waals surface area contributed by atoms with Crippen LogP contribution in [0.2, 0.25) is 0 Å². The zero-order valence-corrected chi connectivity index (χ0v) is 14.2. The predicted molar refractivity (Wildman–Crippen MR) is 87.6 cm³/mol. The van der Waals surface area contributed by atoms with Gasteiger partial charge in [-0.05, 0) is 37.0 Å². The third-order valence-corrected chi connectivity index (χ3v) is 5.25. The second-order valence-electron chi connectivity index (χ2n) is 6.68. The van der Waals surface area contributed by atoms with Crippen LogP contribution in [-0.2, 0) is 0 Å². The van der Waals surface area contributed by atoms with Crippen LogP contribution in [0, 0.1) is 5.92 Å². The Hall–Kier alpha value is -0.580. The van der Waals surface area contributed by atoms with Crippen molar-refractivity contribution in [3.05, 3.63) is 28.2 Å². The van der Waals surface area contributed by atoms with E-state index in [-0.39, 0.29) is 6.04 Å². The Morgan fingerprint density at radius 2 is 2.29 bits per heavy atom. The maximum atomic E-state index is 10.8. The molecule has 0 radical (unpaired) electrons. The lowest BCUT2D eigenvalue weighted by molar-refractivity contribution is -0.0146. The molecule has 3 nitrogen and oxygen atoms in total. The van der Waals surface area contributed by atoms with E-state index in [4.69, 9.17) is 4.74 Å². The highest BCUT2D eigenvalue weighted by atomic mass is 79.9. The van der Waals surface area contributed by atoms with Gasteiger partial charge in [-0.1, -0.05) is 35.7 Å². The molecule has 0 spiro atoms. The van der Waals surface area contributed by atoms with Crippen LogP contribution in [0.15, 0.2) is 22.7 Å². The van der Waals surface area contributed by atoms with Gasteiger partial charge in [0.05, 0.1) is 12.2 Å². The molecule has 2 N–H and O–H groups in total. The van der Waals surface area contributed by atoms with Crippen molar-refractivity contribution in [1.29, 1.82) is 0 Å². The third-order valence-electron chi connectivity index (χ3n) is 4.76. The van der Waals surface area contributed by atoms with E-state index in [0.29, 0.717) is 12.5 Å². The first-order chi connectivity index (χ1) is 10.1. The van der Waals surface area contributed by atoms with E-state index >= 15 is 0 Å². The molecular formula is C17H24BrNO2. The Morgan fingerprint density at radius 3 is 3.10 bits per heavy atom. The molecule has 1 aromatic carbocycles. The number of hydrogen-bond donors (Lipinski definition) is 2. The second-order valence-corrected chi connectivity index (χ2v) is 7.59. The molecule has 3 rings (SSSR count). The monoisotopic (exact) mass is 353 g/mol.